The molecule has 0 aromatic rings. The molecule has 0 N–H and O–H groups in total. The van der Waals surface area contributed by atoms with Gasteiger partial charge < -0.3 is 0 Å². The van der Waals surface area contributed by atoms with E-state index in [-0.39, 0.29) is 18.9 Å². The third kappa shape index (κ3) is 4.44. The van der Waals surface area contributed by atoms with Crippen LogP contribution in [-0.4, -0.2) is 34.0 Å². The molecular weight excluding hydrogens is 135 g/mol. The molecule has 0 saturated heterocycles. The fourth-order valence-electron chi connectivity index (χ4n) is 0. The van der Waals surface area contributed by atoms with Gasteiger partial charge in [-0.1, -0.05) is 39.3 Å². The van der Waals surface area contributed by atoms with E-state index in [1.165, 1.54) is 0 Å². The average molecular weight is 154 g/mol. The Kier molecular flexibility index (Phi) is 4.83. The monoisotopic (exact) mass is 154 g/mol. The van der Waals surface area contributed by atoms with E-state index in [9.17, 15) is 0 Å². The van der Waals surface area contributed by atoms with E-state index >= 15 is 0 Å². The van der Waals surface area contributed by atoms with Crippen LogP contribution in [-0.2, 0) is 0 Å². The predicted octanol–water partition coefficient (Wildman–Crippen LogP) is 2.09. The molecular formula is C6H19LiSi2. The van der Waals surface area contributed by atoms with Crippen LogP contribution < -0.4 is 0 Å². The molecule has 0 unspecified atom stereocenters. The molecule has 0 saturated carbocycles. The van der Waals surface area contributed by atoms with Crippen LogP contribution in [0.2, 0.25) is 39.3 Å². The Hall–Kier alpha value is 1.03. The molecule has 0 amide bonds. The predicted molar refractivity (Wildman–Crippen MR) is 53.8 cm³/mol. The molecule has 0 aromatic heterocycles. The van der Waals surface area contributed by atoms with Crippen molar-refractivity contribution in [1.29, 1.82) is 0 Å². The summed E-state index contributed by atoms with van der Waals surface area (Å²) in [6.07, 6.45) is 0. The average Bonchev–Trinajstić information content (AvgIpc) is 1.25. The molecule has 0 radical (unpaired) electrons. The van der Waals surface area contributed by atoms with Crippen molar-refractivity contribution in [2.24, 2.45) is 0 Å². The zero-order valence-corrected chi connectivity index (χ0v) is 9.00. The summed E-state index contributed by atoms with van der Waals surface area (Å²) in [6.45, 7) is 14.8. The summed E-state index contributed by atoms with van der Waals surface area (Å²) in [5.41, 5.74) is 0. The summed E-state index contributed by atoms with van der Waals surface area (Å²) in [4.78, 5) is 0. The van der Waals surface area contributed by atoms with E-state index in [4.69, 9.17) is 0 Å². The van der Waals surface area contributed by atoms with Gasteiger partial charge in [0.1, 0.15) is 0 Å². The van der Waals surface area contributed by atoms with Gasteiger partial charge in [-0.05, 0) is 0 Å². The standard InChI is InChI=1S/C6H18Si2.Li.H/c1-7(2,3)8(4,5)6;;/h1-6H3;;. The molecule has 0 aliphatic rings. The molecule has 0 heterocycles. The van der Waals surface area contributed by atoms with Crippen LogP contribution in [0.1, 0.15) is 0 Å². The number of rotatable bonds is 1. The molecule has 0 aliphatic heterocycles. The van der Waals surface area contributed by atoms with Gasteiger partial charge in [-0.15, -0.1) is 0 Å². The third-order valence-corrected chi connectivity index (χ3v) is 20.2. The fourth-order valence-corrected chi connectivity index (χ4v) is 0. The molecule has 9 heavy (non-hydrogen) atoms. The molecule has 52 valence electrons. The van der Waals surface area contributed by atoms with Crippen molar-refractivity contribution < 1.29 is 0 Å². The van der Waals surface area contributed by atoms with Crippen molar-refractivity contribution in [3.05, 3.63) is 0 Å². The first kappa shape index (κ1) is 12.7. The summed E-state index contributed by atoms with van der Waals surface area (Å²) in [5, 5.41) is 0. The first-order valence-electron chi connectivity index (χ1n) is 3.25. The van der Waals surface area contributed by atoms with Gasteiger partial charge in [0, 0.05) is 15.2 Å². The van der Waals surface area contributed by atoms with E-state index in [0.29, 0.717) is 0 Å². The molecule has 3 heteroatoms. The molecule has 0 aromatic carbocycles. The van der Waals surface area contributed by atoms with Crippen LogP contribution in [0.4, 0.5) is 0 Å². The van der Waals surface area contributed by atoms with Crippen LogP contribution in [0.5, 0.6) is 0 Å². The molecule has 0 fully saturated rings. The van der Waals surface area contributed by atoms with Crippen molar-refractivity contribution >= 4 is 34.0 Å². The van der Waals surface area contributed by atoms with Gasteiger partial charge in [0.25, 0.3) is 0 Å². The Morgan fingerprint density at radius 2 is 0.667 bits per heavy atom. The Labute approximate surface area is 73.4 Å². The second-order valence-electron chi connectivity index (χ2n) is 4.50. The second kappa shape index (κ2) is 3.43. The van der Waals surface area contributed by atoms with Crippen molar-refractivity contribution in [1.82, 2.24) is 0 Å². The van der Waals surface area contributed by atoms with Crippen LogP contribution in [0.25, 0.3) is 0 Å². The zero-order chi connectivity index (χ0) is 7.00. The number of hydrogen-bond donors (Lipinski definition) is 0. The van der Waals surface area contributed by atoms with Gasteiger partial charge in [0.2, 0.25) is 0 Å². The Balaban J connectivity index is 0. The van der Waals surface area contributed by atoms with Gasteiger partial charge in [-0.25, -0.2) is 0 Å². The SMILES string of the molecule is C[Si](C)(C)[Si](C)(C)C.[LiH]. The van der Waals surface area contributed by atoms with E-state index in [1.54, 1.807) is 0 Å². The van der Waals surface area contributed by atoms with Crippen LogP contribution in [0.15, 0.2) is 0 Å². The molecule has 0 aliphatic carbocycles. The maximum atomic E-state index is 2.47. The molecule has 0 atom stereocenters. The minimum absolute atomic E-state index is 0. The Morgan fingerprint density at radius 3 is 0.667 bits per heavy atom. The molecule has 0 spiro atoms. The van der Waals surface area contributed by atoms with Crippen LogP contribution in [0, 0.1) is 0 Å². The second-order valence-corrected chi connectivity index (χ2v) is 22.5. The van der Waals surface area contributed by atoms with E-state index in [1.807, 2.05) is 0 Å². The quantitative estimate of drug-likeness (QED) is 0.507. The van der Waals surface area contributed by atoms with Gasteiger partial charge in [0.15, 0.2) is 0 Å². The maximum absolute atomic E-state index is 2.47. The third-order valence-electron chi connectivity index (χ3n) is 2.25. The minimum atomic E-state index is -0.720. The van der Waals surface area contributed by atoms with Crippen molar-refractivity contribution in [3.63, 3.8) is 0 Å². The summed E-state index contributed by atoms with van der Waals surface area (Å²) in [5.74, 6) is 0. The van der Waals surface area contributed by atoms with Gasteiger partial charge in [-0.2, -0.15) is 0 Å². The molecule has 0 bridgehead atoms. The topological polar surface area (TPSA) is 0 Å². The van der Waals surface area contributed by atoms with Crippen LogP contribution >= 0.6 is 0 Å². The molecule has 0 nitrogen and oxygen atoms in total. The Morgan fingerprint density at radius 1 is 0.556 bits per heavy atom. The summed E-state index contributed by atoms with van der Waals surface area (Å²) in [6, 6.07) is 0. The normalized spacial score (nSPS) is 12.7. The van der Waals surface area contributed by atoms with Gasteiger partial charge in [0.05, 0.1) is 0 Å². The first-order valence-corrected chi connectivity index (χ1v) is 11.2. The molecule has 0 rings (SSSR count). The Bertz CT molecular complexity index is 66.0. The van der Waals surface area contributed by atoms with Gasteiger partial charge in [-0.3, -0.25) is 0 Å². The first-order chi connectivity index (χ1) is 3.25. The summed E-state index contributed by atoms with van der Waals surface area (Å²) in [7, 11) is -1.44. The zero-order valence-electron chi connectivity index (χ0n) is 7.00. The summed E-state index contributed by atoms with van der Waals surface area (Å²) >= 11 is 0. The van der Waals surface area contributed by atoms with Gasteiger partial charge >= 0.3 is 18.9 Å². The van der Waals surface area contributed by atoms with E-state index < -0.39 is 15.2 Å². The summed E-state index contributed by atoms with van der Waals surface area (Å²) < 4.78 is 0. The van der Waals surface area contributed by atoms with E-state index in [0.717, 1.165) is 0 Å². The van der Waals surface area contributed by atoms with E-state index in [2.05, 4.69) is 39.3 Å². The fraction of sp³-hybridized carbons (Fsp3) is 1.00. The number of hydrogen-bond acceptors (Lipinski definition) is 0. The van der Waals surface area contributed by atoms with Crippen molar-refractivity contribution in [2.45, 2.75) is 39.3 Å². The van der Waals surface area contributed by atoms with Crippen molar-refractivity contribution in [2.75, 3.05) is 0 Å². The van der Waals surface area contributed by atoms with Crippen molar-refractivity contribution in [3.8, 4) is 0 Å². The van der Waals surface area contributed by atoms with Crippen LogP contribution in [0.3, 0.4) is 0 Å².